The van der Waals surface area contributed by atoms with E-state index in [9.17, 15) is 14.4 Å². The van der Waals surface area contributed by atoms with Gasteiger partial charge in [-0.25, -0.2) is 0 Å². The molecule has 0 saturated carbocycles. The van der Waals surface area contributed by atoms with Gasteiger partial charge in [0.05, 0.1) is 17.3 Å². The van der Waals surface area contributed by atoms with Crippen molar-refractivity contribution in [2.45, 2.75) is 44.9 Å². The van der Waals surface area contributed by atoms with Crippen molar-refractivity contribution in [1.82, 2.24) is 9.80 Å². The number of thiophene rings is 1. The lowest BCUT2D eigenvalue weighted by Crippen LogP contribution is -2.45. The molecule has 0 atom stereocenters. The second-order valence-electron chi connectivity index (χ2n) is 7.27. The summed E-state index contributed by atoms with van der Waals surface area (Å²) in [5.74, 6) is -1.36. The van der Waals surface area contributed by atoms with E-state index in [0.717, 1.165) is 17.7 Å². The molecule has 3 rings (SSSR count). The van der Waals surface area contributed by atoms with Crippen LogP contribution in [0.25, 0.3) is 0 Å². The smallest absolute Gasteiger partial charge is 0.306 e. The summed E-state index contributed by atoms with van der Waals surface area (Å²) in [6.45, 7) is 0.940. The second kappa shape index (κ2) is 8.20. The zero-order valence-corrected chi connectivity index (χ0v) is 16.0. The third kappa shape index (κ3) is 4.26. The van der Waals surface area contributed by atoms with Crippen LogP contribution in [0.1, 0.15) is 52.2 Å². The molecule has 0 unspecified atom stereocenters. The molecule has 2 aliphatic rings. The lowest BCUT2D eigenvalue weighted by molar-refractivity contribution is -0.145. The molecule has 1 N–H and O–H groups in total. The fourth-order valence-corrected chi connectivity index (χ4v) is 4.96. The largest absolute Gasteiger partial charge is 0.481 e. The summed E-state index contributed by atoms with van der Waals surface area (Å²) in [6, 6.07) is 2.01. The lowest BCUT2D eigenvalue weighted by atomic mass is 9.97. The van der Waals surface area contributed by atoms with Crippen LogP contribution in [0.3, 0.4) is 0 Å². The van der Waals surface area contributed by atoms with Crippen LogP contribution >= 0.6 is 11.3 Å². The fourth-order valence-electron chi connectivity index (χ4n) is 3.71. The van der Waals surface area contributed by atoms with Crippen molar-refractivity contribution in [2.24, 2.45) is 5.92 Å². The first-order valence-corrected chi connectivity index (χ1v) is 10.1. The lowest BCUT2D eigenvalue weighted by Gasteiger charge is -2.31. The van der Waals surface area contributed by atoms with Gasteiger partial charge in [-0.1, -0.05) is 6.42 Å². The summed E-state index contributed by atoms with van der Waals surface area (Å²) < 4.78 is 0. The zero-order chi connectivity index (χ0) is 18.7. The number of carbonyl (C=O) groups excluding carboxylic acids is 2. The number of likely N-dealkylation sites (N-methyl/N-ethyl adjacent to an activating group) is 1. The topological polar surface area (TPSA) is 77.9 Å². The molecule has 0 bridgehead atoms. The molecule has 0 radical (unpaired) electrons. The number of fused-ring (bicyclic) bond motifs is 1. The molecule has 1 aliphatic carbocycles. The highest BCUT2D eigenvalue weighted by Gasteiger charge is 2.28. The first kappa shape index (κ1) is 18.9. The molecule has 7 heteroatoms. The van der Waals surface area contributed by atoms with Crippen molar-refractivity contribution in [1.29, 1.82) is 0 Å². The molecule has 1 aromatic rings. The number of carboxylic acids is 1. The molecule has 1 aromatic heterocycles. The second-order valence-corrected chi connectivity index (χ2v) is 8.41. The van der Waals surface area contributed by atoms with Gasteiger partial charge < -0.3 is 14.9 Å². The molecule has 1 fully saturated rings. The molecule has 142 valence electrons. The molecule has 1 saturated heterocycles. The van der Waals surface area contributed by atoms with Crippen LogP contribution in [0.4, 0.5) is 0 Å². The maximum absolute atomic E-state index is 12.7. The highest BCUT2D eigenvalue weighted by molar-refractivity contribution is 7.14. The molecule has 0 aromatic carbocycles. The van der Waals surface area contributed by atoms with Crippen molar-refractivity contribution >= 4 is 29.1 Å². The van der Waals surface area contributed by atoms with Gasteiger partial charge in [-0.05, 0) is 50.2 Å². The minimum atomic E-state index is -0.790. The number of aliphatic carboxylic acids is 1. The summed E-state index contributed by atoms with van der Waals surface area (Å²) in [5.41, 5.74) is 1.30. The minimum absolute atomic E-state index is 0.0408. The highest BCUT2D eigenvalue weighted by atomic mass is 32.1. The number of amides is 2. The number of hydrogen-bond acceptors (Lipinski definition) is 4. The van der Waals surface area contributed by atoms with Crippen molar-refractivity contribution in [3.63, 3.8) is 0 Å². The van der Waals surface area contributed by atoms with Gasteiger partial charge in [0.15, 0.2) is 0 Å². The van der Waals surface area contributed by atoms with Crippen molar-refractivity contribution in [2.75, 3.05) is 26.7 Å². The number of likely N-dealkylation sites (tertiary alicyclic amines) is 1. The summed E-state index contributed by atoms with van der Waals surface area (Å²) in [6.07, 6.45) is 6.67. The van der Waals surface area contributed by atoms with Gasteiger partial charge in [0.25, 0.3) is 5.91 Å². The third-order valence-corrected chi connectivity index (χ3v) is 6.60. The van der Waals surface area contributed by atoms with E-state index in [1.165, 1.54) is 34.6 Å². The Morgan fingerprint density at radius 3 is 2.58 bits per heavy atom. The Morgan fingerprint density at radius 2 is 1.88 bits per heavy atom. The van der Waals surface area contributed by atoms with Gasteiger partial charge >= 0.3 is 5.97 Å². The Hall–Kier alpha value is -1.89. The maximum Gasteiger partial charge on any atom is 0.306 e. The average Bonchev–Trinajstić information content (AvgIpc) is 2.91. The van der Waals surface area contributed by atoms with E-state index < -0.39 is 5.97 Å². The van der Waals surface area contributed by atoms with Gasteiger partial charge in [0.1, 0.15) is 0 Å². The number of rotatable bonds is 4. The Labute approximate surface area is 157 Å². The van der Waals surface area contributed by atoms with E-state index in [0.29, 0.717) is 25.9 Å². The molecule has 0 spiro atoms. The van der Waals surface area contributed by atoms with Gasteiger partial charge in [-0.3, -0.25) is 14.4 Å². The zero-order valence-electron chi connectivity index (χ0n) is 15.2. The van der Waals surface area contributed by atoms with Crippen molar-refractivity contribution in [3.05, 3.63) is 21.4 Å². The number of hydrogen-bond donors (Lipinski definition) is 1. The van der Waals surface area contributed by atoms with E-state index >= 15 is 0 Å². The Balaban J connectivity index is 1.56. The SMILES string of the molecule is CN(CC(=O)N1CCC(C(=O)O)CC1)C(=O)c1cc2c(s1)CCCCC2. The van der Waals surface area contributed by atoms with Crippen molar-refractivity contribution in [3.8, 4) is 0 Å². The first-order chi connectivity index (χ1) is 12.5. The van der Waals surface area contributed by atoms with E-state index in [1.807, 2.05) is 6.07 Å². The van der Waals surface area contributed by atoms with E-state index in [1.54, 1.807) is 23.3 Å². The van der Waals surface area contributed by atoms with Gasteiger partial charge in [0.2, 0.25) is 5.91 Å². The normalized spacial score (nSPS) is 18.1. The van der Waals surface area contributed by atoms with E-state index in [-0.39, 0.29) is 24.3 Å². The summed E-state index contributed by atoms with van der Waals surface area (Å²) >= 11 is 1.57. The number of carbonyl (C=O) groups is 3. The quantitative estimate of drug-likeness (QED) is 0.816. The van der Waals surface area contributed by atoms with Crippen LogP contribution in [0.5, 0.6) is 0 Å². The van der Waals surface area contributed by atoms with Crippen LogP contribution in [-0.4, -0.2) is 59.4 Å². The number of carboxylic acid groups (broad SMARTS) is 1. The molecule has 2 heterocycles. The molecular formula is C19H26N2O4S. The predicted octanol–water partition coefficient (Wildman–Crippen LogP) is 2.41. The predicted molar refractivity (Wildman–Crippen MR) is 99.5 cm³/mol. The Bertz CT molecular complexity index is 668. The molecule has 6 nitrogen and oxygen atoms in total. The van der Waals surface area contributed by atoms with Crippen molar-refractivity contribution < 1.29 is 19.5 Å². The Kier molecular flexibility index (Phi) is 5.96. The van der Waals surface area contributed by atoms with Crippen LogP contribution in [0.15, 0.2) is 6.07 Å². The molecular weight excluding hydrogens is 352 g/mol. The minimum Gasteiger partial charge on any atom is -0.481 e. The van der Waals surface area contributed by atoms with Gasteiger partial charge in [-0.2, -0.15) is 0 Å². The highest BCUT2D eigenvalue weighted by Crippen LogP contribution is 2.29. The fraction of sp³-hybridized carbons (Fsp3) is 0.632. The number of nitrogens with zero attached hydrogens (tertiary/aromatic N) is 2. The first-order valence-electron chi connectivity index (χ1n) is 9.33. The monoisotopic (exact) mass is 378 g/mol. The van der Waals surface area contributed by atoms with E-state index in [2.05, 4.69) is 0 Å². The standard InChI is InChI=1S/C19H26N2O4S/c1-20(12-17(22)21-9-7-13(8-10-21)19(24)25)18(23)16-11-14-5-3-2-4-6-15(14)26-16/h11,13H,2-10,12H2,1H3,(H,24,25). The third-order valence-electron chi connectivity index (χ3n) is 5.37. The molecule has 1 aliphatic heterocycles. The number of aryl methyl sites for hydroxylation is 2. The van der Waals surface area contributed by atoms with Crippen LogP contribution < -0.4 is 0 Å². The summed E-state index contributed by atoms with van der Waals surface area (Å²) in [7, 11) is 1.66. The summed E-state index contributed by atoms with van der Waals surface area (Å²) in [4.78, 5) is 41.3. The van der Waals surface area contributed by atoms with E-state index in [4.69, 9.17) is 5.11 Å². The molecule has 2 amide bonds. The summed E-state index contributed by atoms with van der Waals surface area (Å²) in [5, 5.41) is 9.04. The van der Waals surface area contributed by atoms with Gasteiger partial charge in [0, 0.05) is 25.0 Å². The molecule has 26 heavy (non-hydrogen) atoms. The van der Waals surface area contributed by atoms with Crippen LogP contribution in [-0.2, 0) is 22.4 Å². The van der Waals surface area contributed by atoms with Gasteiger partial charge in [-0.15, -0.1) is 11.3 Å². The Morgan fingerprint density at radius 1 is 1.19 bits per heavy atom. The average molecular weight is 378 g/mol. The number of piperidine rings is 1. The maximum atomic E-state index is 12.7. The van der Waals surface area contributed by atoms with Crippen LogP contribution in [0.2, 0.25) is 0 Å². The van der Waals surface area contributed by atoms with Crippen LogP contribution in [0, 0.1) is 5.92 Å².